The number of carbonyl (C=O) groups excluding carboxylic acids is 2. The molecule has 5 aromatic rings. The number of primary amides is 1. The number of alkyl halides is 3. The summed E-state index contributed by atoms with van der Waals surface area (Å²) >= 11 is 0.689. The van der Waals surface area contributed by atoms with Crippen molar-refractivity contribution in [2.75, 3.05) is 5.32 Å². The Bertz CT molecular complexity index is 1790. The molecule has 2 amide bonds. The molecule has 0 unspecified atom stereocenters. The monoisotopic (exact) mass is 567 g/mol. The second-order valence-corrected chi connectivity index (χ2v) is 10.1. The summed E-state index contributed by atoms with van der Waals surface area (Å²) in [6.45, 7) is 7.49. The lowest BCUT2D eigenvalue weighted by Crippen LogP contribution is -2.18. The van der Waals surface area contributed by atoms with Crippen molar-refractivity contribution in [2.45, 2.75) is 40.4 Å². The molecule has 40 heavy (non-hydrogen) atoms. The third-order valence-corrected chi connectivity index (χ3v) is 7.73. The van der Waals surface area contributed by atoms with E-state index in [4.69, 9.17) is 5.73 Å². The molecule has 0 fully saturated rings. The van der Waals surface area contributed by atoms with Gasteiger partial charge in [-0.2, -0.15) is 23.4 Å². The first-order valence-electron chi connectivity index (χ1n) is 12.2. The average Bonchev–Trinajstić information content (AvgIpc) is 3.56. The lowest BCUT2D eigenvalue weighted by Gasteiger charge is -2.12. The van der Waals surface area contributed by atoms with Gasteiger partial charge in [0.2, 0.25) is 0 Å². The van der Waals surface area contributed by atoms with Crippen LogP contribution in [0.25, 0.3) is 27.0 Å². The number of aryl methyl sites for hydroxylation is 2. The number of anilines is 1. The summed E-state index contributed by atoms with van der Waals surface area (Å²) in [6.07, 6.45) is -3.29. The Kier molecular flexibility index (Phi) is 6.70. The van der Waals surface area contributed by atoms with Gasteiger partial charge < -0.3 is 11.1 Å². The second-order valence-electron chi connectivity index (χ2n) is 9.11. The molecule has 9 nitrogen and oxygen atoms in total. The first-order chi connectivity index (χ1) is 18.9. The molecule has 0 saturated heterocycles. The van der Waals surface area contributed by atoms with E-state index in [2.05, 4.69) is 20.5 Å². The number of thiophene rings is 1. The van der Waals surface area contributed by atoms with E-state index in [1.165, 1.54) is 6.20 Å². The number of nitrogens with one attached hydrogen (secondary N) is 1. The van der Waals surface area contributed by atoms with Crippen molar-refractivity contribution < 1.29 is 22.8 Å². The van der Waals surface area contributed by atoms with Crippen molar-refractivity contribution >= 4 is 39.1 Å². The van der Waals surface area contributed by atoms with Gasteiger partial charge in [-0.05, 0) is 51.5 Å². The van der Waals surface area contributed by atoms with Gasteiger partial charge in [-0.25, -0.2) is 9.67 Å². The van der Waals surface area contributed by atoms with E-state index in [1.54, 1.807) is 30.1 Å². The molecule has 0 aliphatic rings. The van der Waals surface area contributed by atoms with Crippen LogP contribution in [-0.2, 0) is 12.7 Å². The third kappa shape index (κ3) is 4.51. The molecule has 0 spiro atoms. The summed E-state index contributed by atoms with van der Waals surface area (Å²) in [4.78, 5) is 29.7. The molecule has 4 heterocycles. The molecule has 0 atom stereocenters. The van der Waals surface area contributed by atoms with Gasteiger partial charge in [0.05, 0.1) is 34.5 Å². The summed E-state index contributed by atoms with van der Waals surface area (Å²) in [5.74, 6) is -1.50. The van der Waals surface area contributed by atoms with Crippen molar-refractivity contribution in [3.8, 4) is 16.8 Å². The molecule has 0 aliphatic carbocycles. The zero-order valence-electron chi connectivity index (χ0n) is 21.9. The number of rotatable bonds is 6. The summed E-state index contributed by atoms with van der Waals surface area (Å²) in [6, 6.07) is 10.1. The molecular formula is C27H24F3N7O2S. The van der Waals surface area contributed by atoms with E-state index in [9.17, 15) is 22.8 Å². The highest BCUT2D eigenvalue weighted by atomic mass is 32.1. The fraction of sp³-hybridized carbons (Fsp3) is 0.222. The zero-order valence-corrected chi connectivity index (χ0v) is 22.7. The number of hydrogen-bond acceptors (Lipinski definition) is 6. The lowest BCUT2D eigenvalue weighted by molar-refractivity contribution is -0.140. The summed E-state index contributed by atoms with van der Waals surface area (Å²) in [5.41, 5.74) is 7.62. The summed E-state index contributed by atoms with van der Waals surface area (Å²) in [5, 5.41) is 11.7. The third-order valence-electron chi connectivity index (χ3n) is 6.63. The van der Waals surface area contributed by atoms with Gasteiger partial charge in [0, 0.05) is 23.2 Å². The van der Waals surface area contributed by atoms with Gasteiger partial charge in [0.15, 0.2) is 0 Å². The SMILES string of the molecule is CCn1ncc(-c2cc(C(F)(F)F)nc3sc(C(N)=O)c(NC(=O)c4c(C)nn(-c5ccccc5)c4C)c23)c1C. The predicted molar refractivity (Wildman–Crippen MR) is 146 cm³/mol. The highest BCUT2D eigenvalue weighted by Crippen LogP contribution is 2.44. The van der Waals surface area contributed by atoms with Crippen LogP contribution in [0, 0.1) is 20.8 Å². The fourth-order valence-electron chi connectivity index (χ4n) is 4.75. The number of halogens is 3. The van der Waals surface area contributed by atoms with Crippen LogP contribution in [-0.4, -0.2) is 36.4 Å². The number of nitrogens with zero attached hydrogens (tertiary/aromatic N) is 5. The van der Waals surface area contributed by atoms with Crippen LogP contribution in [0.4, 0.5) is 18.9 Å². The molecule has 0 radical (unpaired) electrons. The van der Waals surface area contributed by atoms with Gasteiger partial charge in [0.1, 0.15) is 15.4 Å². The van der Waals surface area contributed by atoms with Crippen LogP contribution in [0.1, 0.15) is 49.7 Å². The number of carbonyl (C=O) groups is 2. The van der Waals surface area contributed by atoms with Crippen LogP contribution in [0.3, 0.4) is 0 Å². The van der Waals surface area contributed by atoms with Gasteiger partial charge in [0.25, 0.3) is 11.8 Å². The van der Waals surface area contributed by atoms with Crippen molar-refractivity contribution in [2.24, 2.45) is 5.73 Å². The van der Waals surface area contributed by atoms with E-state index in [-0.39, 0.29) is 31.9 Å². The molecular weight excluding hydrogens is 543 g/mol. The van der Waals surface area contributed by atoms with E-state index < -0.39 is 23.7 Å². The minimum absolute atomic E-state index is 0.0105. The fourth-order valence-corrected chi connectivity index (χ4v) is 5.75. The van der Waals surface area contributed by atoms with Gasteiger partial charge in [-0.1, -0.05) is 18.2 Å². The number of pyridine rings is 1. The standard InChI is InChI=1S/C27H24F3N7O2S/c1-5-36-14(3)18(12-32-36)17-11-19(27(28,29)30)33-26-21(17)22(23(40-26)24(31)38)34-25(39)20-13(2)35-37(15(20)4)16-9-7-6-8-10-16/h6-12H,5H2,1-4H3,(H2,31,38)(H,34,39). The van der Waals surface area contributed by atoms with Gasteiger partial charge >= 0.3 is 6.18 Å². The van der Waals surface area contributed by atoms with Crippen LogP contribution in [0.5, 0.6) is 0 Å². The Balaban J connectivity index is 1.72. The minimum atomic E-state index is -4.75. The molecule has 0 aliphatic heterocycles. The number of aromatic nitrogens is 5. The van der Waals surface area contributed by atoms with Gasteiger partial charge in [-0.15, -0.1) is 11.3 Å². The van der Waals surface area contributed by atoms with E-state index >= 15 is 0 Å². The highest BCUT2D eigenvalue weighted by Gasteiger charge is 2.36. The zero-order chi connectivity index (χ0) is 28.9. The maximum atomic E-state index is 13.9. The van der Waals surface area contributed by atoms with E-state index in [0.717, 1.165) is 11.8 Å². The molecule has 13 heteroatoms. The first kappa shape index (κ1) is 27.1. The Labute approximate surface area is 230 Å². The molecule has 0 saturated carbocycles. The summed E-state index contributed by atoms with van der Waals surface area (Å²) < 4.78 is 44.8. The molecule has 5 rings (SSSR count). The van der Waals surface area contributed by atoms with Crippen LogP contribution in [0.15, 0.2) is 42.6 Å². The highest BCUT2D eigenvalue weighted by molar-refractivity contribution is 7.21. The molecule has 0 bridgehead atoms. The largest absolute Gasteiger partial charge is 0.433 e. The quantitative estimate of drug-likeness (QED) is 0.274. The normalized spacial score (nSPS) is 11.8. The Hall–Kier alpha value is -4.52. The van der Waals surface area contributed by atoms with E-state index in [1.807, 2.05) is 37.3 Å². The Morgan fingerprint density at radius 1 is 1.07 bits per heavy atom. The minimum Gasteiger partial charge on any atom is -0.365 e. The molecule has 4 aromatic heterocycles. The first-order valence-corrected chi connectivity index (χ1v) is 13.0. The van der Waals surface area contributed by atoms with Crippen molar-refractivity contribution in [3.63, 3.8) is 0 Å². The van der Waals surface area contributed by atoms with Crippen LogP contribution in [0.2, 0.25) is 0 Å². The van der Waals surface area contributed by atoms with Crippen LogP contribution < -0.4 is 11.1 Å². The number of fused-ring (bicyclic) bond motifs is 1. The van der Waals surface area contributed by atoms with E-state index in [0.29, 0.717) is 40.5 Å². The number of hydrogen-bond donors (Lipinski definition) is 2. The number of nitrogens with two attached hydrogens (primary N) is 1. The Morgan fingerprint density at radius 3 is 2.38 bits per heavy atom. The number of para-hydroxylation sites is 1. The van der Waals surface area contributed by atoms with Crippen molar-refractivity contribution in [3.05, 3.63) is 75.8 Å². The molecule has 206 valence electrons. The lowest BCUT2D eigenvalue weighted by atomic mass is 10.0. The summed E-state index contributed by atoms with van der Waals surface area (Å²) in [7, 11) is 0. The number of amides is 2. The maximum absolute atomic E-state index is 13.9. The topological polar surface area (TPSA) is 121 Å². The maximum Gasteiger partial charge on any atom is 0.433 e. The number of benzene rings is 1. The van der Waals surface area contributed by atoms with Crippen molar-refractivity contribution in [1.29, 1.82) is 0 Å². The second kappa shape index (κ2) is 9.90. The average molecular weight is 568 g/mol. The Morgan fingerprint density at radius 2 is 1.77 bits per heavy atom. The van der Waals surface area contributed by atoms with Crippen LogP contribution >= 0.6 is 11.3 Å². The molecule has 3 N–H and O–H groups in total. The molecule has 1 aromatic carbocycles. The van der Waals surface area contributed by atoms with Gasteiger partial charge in [-0.3, -0.25) is 14.3 Å². The van der Waals surface area contributed by atoms with Crippen molar-refractivity contribution in [1.82, 2.24) is 24.5 Å². The smallest absolute Gasteiger partial charge is 0.365 e. The predicted octanol–water partition coefficient (Wildman–Crippen LogP) is 5.66.